The Morgan fingerprint density at radius 2 is 1.79 bits per heavy atom. The normalized spacial score (nSPS) is 11.8. The lowest BCUT2D eigenvalue weighted by Gasteiger charge is -2.18. The van der Waals surface area contributed by atoms with Gasteiger partial charge in [-0.3, -0.25) is 4.79 Å². The minimum atomic E-state index is -3.66. The Morgan fingerprint density at radius 3 is 2.47 bits per heavy atom. The van der Waals surface area contributed by atoms with Crippen molar-refractivity contribution in [2.45, 2.75) is 32.6 Å². The van der Waals surface area contributed by atoms with E-state index in [1.165, 1.54) is 16.4 Å². The Balaban J connectivity index is 1.80. The number of rotatable bonds is 9. The summed E-state index contributed by atoms with van der Waals surface area (Å²) in [5.74, 6) is 0.257. The van der Waals surface area contributed by atoms with Gasteiger partial charge in [-0.2, -0.15) is 9.41 Å². The molecule has 180 valence electrons. The van der Waals surface area contributed by atoms with Crippen molar-refractivity contribution >= 4 is 22.1 Å². The van der Waals surface area contributed by atoms with Crippen LogP contribution < -0.4 is 10.2 Å². The van der Waals surface area contributed by atoms with Gasteiger partial charge in [-0.1, -0.05) is 32.0 Å². The van der Waals surface area contributed by atoms with Gasteiger partial charge in [0.1, 0.15) is 5.75 Å². The van der Waals surface area contributed by atoms with Gasteiger partial charge >= 0.3 is 0 Å². The number of nitrogens with one attached hydrogen (secondary N) is 1. The number of carbonyl (C=O) groups is 1. The summed E-state index contributed by atoms with van der Waals surface area (Å²) in [6.45, 7) is 8.20. The van der Waals surface area contributed by atoms with Crippen molar-refractivity contribution in [3.05, 3.63) is 77.1 Å². The number of methoxy groups -OCH3 is 1. The molecule has 9 heteroatoms. The van der Waals surface area contributed by atoms with Crippen molar-refractivity contribution in [1.82, 2.24) is 14.3 Å². The number of benzene rings is 2. The number of aryl methyl sites for hydroxylation is 1. The molecule has 0 saturated carbocycles. The lowest BCUT2D eigenvalue weighted by Crippen LogP contribution is -2.30. The fourth-order valence-corrected chi connectivity index (χ4v) is 5.34. The van der Waals surface area contributed by atoms with Crippen molar-refractivity contribution < 1.29 is 17.9 Å². The second kappa shape index (κ2) is 10.7. The molecule has 0 aliphatic carbocycles. The van der Waals surface area contributed by atoms with Gasteiger partial charge in [-0.05, 0) is 50.2 Å². The summed E-state index contributed by atoms with van der Waals surface area (Å²) < 4.78 is 34.4. The summed E-state index contributed by atoms with van der Waals surface area (Å²) in [6.07, 6.45) is 1.57. The zero-order valence-corrected chi connectivity index (χ0v) is 20.9. The highest BCUT2D eigenvalue weighted by Gasteiger charge is 2.22. The molecule has 0 bridgehead atoms. The SMILES string of the molecule is CCN(CC)S(=O)(=O)c1cccc(C(=O)N/N=C\c2cc(C)n(-c3ccccc3OC)c2C)c1. The third-order valence-corrected chi connectivity index (χ3v) is 7.65. The summed E-state index contributed by atoms with van der Waals surface area (Å²) >= 11 is 0. The Labute approximate surface area is 200 Å². The maximum Gasteiger partial charge on any atom is 0.271 e. The minimum absolute atomic E-state index is 0.0770. The van der Waals surface area contributed by atoms with Crippen LogP contribution in [0.3, 0.4) is 0 Å². The largest absolute Gasteiger partial charge is 0.495 e. The predicted molar refractivity (Wildman–Crippen MR) is 133 cm³/mol. The van der Waals surface area contributed by atoms with Crippen LogP contribution in [0.1, 0.15) is 41.2 Å². The Kier molecular flexibility index (Phi) is 7.90. The Bertz CT molecular complexity index is 1310. The molecule has 0 unspecified atom stereocenters. The number of ether oxygens (including phenoxy) is 1. The molecule has 1 amide bonds. The van der Waals surface area contributed by atoms with Crippen LogP contribution in [0, 0.1) is 13.8 Å². The van der Waals surface area contributed by atoms with Crippen LogP contribution in [0.25, 0.3) is 5.69 Å². The van der Waals surface area contributed by atoms with E-state index >= 15 is 0 Å². The molecule has 0 aliphatic rings. The Morgan fingerprint density at radius 1 is 1.09 bits per heavy atom. The average molecular weight is 483 g/mol. The highest BCUT2D eigenvalue weighted by Crippen LogP contribution is 2.27. The van der Waals surface area contributed by atoms with Crippen LogP contribution in [-0.4, -0.2) is 49.6 Å². The fraction of sp³-hybridized carbons (Fsp3) is 0.280. The number of aromatic nitrogens is 1. The number of para-hydroxylation sites is 2. The van der Waals surface area contributed by atoms with Gasteiger partial charge in [-0.15, -0.1) is 0 Å². The molecule has 0 radical (unpaired) electrons. The molecule has 1 aromatic heterocycles. The second-order valence-corrected chi connectivity index (χ2v) is 9.59. The average Bonchev–Trinajstić information content (AvgIpc) is 3.12. The van der Waals surface area contributed by atoms with Gasteiger partial charge in [0.2, 0.25) is 10.0 Å². The topological polar surface area (TPSA) is 93.0 Å². The molecule has 2 aromatic carbocycles. The summed E-state index contributed by atoms with van der Waals surface area (Å²) in [5.41, 5.74) is 6.38. The van der Waals surface area contributed by atoms with Crippen molar-refractivity contribution in [3.63, 3.8) is 0 Å². The summed E-state index contributed by atoms with van der Waals surface area (Å²) in [7, 11) is -2.03. The third kappa shape index (κ3) is 5.05. The molecule has 34 heavy (non-hydrogen) atoms. The zero-order valence-electron chi connectivity index (χ0n) is 20.1. The van der Waals surface area contributed by atoms with Crippen LogP contribution in [0.4, 0.5) is 0 Å². The number of sulfonamides is 1. The van der Waals surface area contributed by atoms with Crippen LogP contribution in [0.2, 0.25) is 0 Å². The van der Waals surface area contributed by atoms with Crippen LogP contribution in [0.5, 0.6) is 5.75 Å². The summed E-state index contributed by atoms with van der Waals surface area (Å²) in [5, 5.41) is 4.10. The van der Waals surface area contributed by atoms with E-state index in [2.05, 4.69) is 15.1 Å². The van der Waals surface area contributed by atoms with Gasteiger partial charge in [0, 0.05) is 35.6 Å². The number of amides is 1. The first kappa shape index (κ1) is 25.2. The smallest absolute Gasteiger partial charge is 0.271 e. The van der Waals surface area contributed by atoms with E-state index in [1.807, 2.05) is 44.2 Å². The van der Waals surface area contributed by atoms with E-state index < -0.39 is 15.9 Å². The predicted octanol–water partition coefficient (Wildman–Crippen LogP) is 3.90. The molecule has 1 heterocycles. The van der Waals surface area contributed by atoms with Gasteiger partial charge in [-0.25, -0.2) is 13.8 Å². The number of hydrazone groups is 1. The molecule has 8 nitrogen and oxygen atoms in total. The molecule has 0 saturated heterocycles. The van der Waals surface area contributed by atoms with Crippen LogP contribution >= 0.6 is 0 Å². The number of hydrogen-bond donors (Lipinski definition) is 1. The standard InChI is InChI=1S/C25H30N4O4S/c1-6-28(7-2)34(31,32)22-12-10-11-20(16-22)25(30)27-26-17-21-15-18(3)29(19(21)4)23-13-8-9-14-24(23)33-5/h8-17H,6-7H2,1-5H3,(H,27,30)/b26-17-. The quantitative estimate of drug-likeness (QED) is 0.370. The lowest BCUT2D eigenvalue weighted by molar-refractivity contribution is 0.0955. The molecule has 3 rings (SSSR count). The van der Waals surface area contributed by atoms with E-state index in [9.17, 15) is 13.2 Å². The minimum Gasteiger partial charge on any atom is -0.495 e. The molecular formula is C25H30N4O4S. The first-order valence-electron chi connectivity index (χ1n) is 11.0. The number of carbonyl (C=O) groups excluding carboxylic acids is 1. The first-order valence-corrected chi connectivity index (χ1v) is 12.4. The maximum absolute atomic E-state index is 12.8. The number of nitrogens with zero attached hydrogens (tertiary/aromatic N) is 3. The molecule has 3 aromatic rings. The van der Waals surface area contributed by atoms with Crippen molar-refractivity contribution in [3.8, 4) is 11.4 Å². The van der Waals surface area contributed by atoms with Crippen LogP contribution in [-0.2, 0) is 10.0 Å². The Hall–Kier alpha value is -3.43. The van der Waals surface area contributed by atoms with E-state index in [0.29, 0.717) is 13.1 Å². The zero-order chi connectivity index (χ0) is 24.9. The van der Waals surface area contributed by atoms with E-state index in [-0.39, 0.29) is 10.5 Å². The molecule has 0 spiro atoms. The van der Waals surface area contributed by atoms with Crippen LogP contribution in [0.15, 0.2) is 64.6 Å². The van der Waals surface area contributed by atoms with E-state index in [4.69, 9.17) is 4.74 Å². The fourth-order valence-electron chi connectivity index (χ4n) is 3.84. The molecule has 0 atom stereocenters. The number of hydrogen-bond acceptors (Lipinski definition) is 5. The maximum atomic E-state index is 12.8. The van der Waals surface area contributed by atoms with Gasteiger partial charge in [0.25, 0.3) is 5.91 Å². The highest BCUT2D eigenvalue weighted by molar-refractivity contribution is 7.89. The second-order valence-electron chi connectivity index (χ2n) is 7.65. The van der Waals surface area contributed by atoms with Gasteiger partial charge < -0.3 is 9.30 Å². The summed E-state index contributed by atoms with van der Waals surface area (Å²) in [4.78, 5) is 12.7. The highest BCUT2D eigenvalue weighted by atomic mass is 32.2. The van der Waals surface area contributed by atoms with Crippen molar-refractivity contribution in [2.24, 2.45) is 5.10 Å². The van der Waals surface area contributed by atoms with E-state index in [0.717, 1.165) is 28.4 Å². The molecule has 1 N–H and O–H groups in total. The summed E-state index contributed by atoms with van der Waals surface area (Å²) in [6, 6.07) is 15.7. The molecule has 0 aliphatic heterocycles. The van der Waals surface area contributed by atoms with Gasteiger partial charge in [0.15, 0.2) is 0 Å². The van der Waals surface area contributed by atoms with Crippen molar-refractivity contribution in [1.29, 1.82) is 0 Å². The monoisotopic (exact) mass is 482 g/mol. The third-order valence-electron chi connectivity index (χ3n) is 5.61. The van der Waals surface area contributed by atoms with Gasteiger partial charge in [0.05, 0.1) is 23.9 Å². The first-order chi connectivity index (χ1) is 16.2. The molecule has 0 fully saturated rings. The molecular weight excluding hydrogens is 452 g/mol. The van der Waals surface area contributed by atoms with E-state index in [1.54, 1.807) is 39.3 Å². The van der Waals surface area contributed by atoms with Crippen molar-refractivity contribution in [2.75, 3.05) is 20.2 Å². The lowest BCUT2D eigenvalue weighted by atomic mass is 10.2.